The maximum absolute atomic E-state index is 12.8. The monoisotopic (exact) mass is 348 g/mol. The molecule has 3 aromatic rings. The molecule has 0 bridgehead atoms. The molecule has 0 radical (unpaired) electrons. The number of nitrogens with zero attached hydrogens (tertiary/aromatic N) is 2. The summed E-state index contributed by atoms with van der Waals surface area (Å²) in [5.41, 5.74) is 3.97. The first-order valence-corrected chi connectivity index (χ1v) is 8.27. The zero-order valence-electron chi connectivity index (χ0n) is 14.1. The van der Waals surface area contributed by atoms with Gasteiger partial charge in [0.1, 0.15) is 5.75 Å². The number of hydrogen-bond acceptors (Lipinski definition) is 3. The van der Waals surface area contributed by atoms with E-state index in [0.29, 0.717) is 28.0 Å². The number of nitriles is 1. The number of hydrogen-bond donors (Lipinski definition) is 0. The Kier molecular flexibility index (Phi) is 4.01. The maximum atomic E-state index is 12.8. The van der Waals surface area contributed by atoms with Crippen molar-refractivity contribution in [3.8, 4) is 22.9 Å². The van der Waals surface area contributed by atoms with Gasteiger partial charge in [0.05, 0.1) is 18.2 Å². The summed E-state index contributed by atoms with van der Waals surface area (Å²) in [5.74, 6) is -0.0172. The topological polar surface area (TPSA) is 54.5 Å². The second kappa shape index (κ2) is 6.63. The van der Waals surface area contributed by atoms with Gasteiger partial charge in [-0.15, -0.1) is 0 Å². The van der Waals surface area contributed by atoms with Crippen LogP contribution in [0.15, 0.2) is 78.5 Å². The zero-order chi connectivity index (χ0) is 18.8. The number of benzene rings is 3. The fraction of sp³-hybridized carbons (Fsp3) is 0. The molecule has 4 rings (SSSR count). The molecule has 0 heterocycles. The number of carbonyl (C=O) groups is 1. The van der Waals surface area contributed by atoms with E-state index < -0.39 is 5.97 Å². The smallest absolute Gasteiger partial charge is 0.344 e. The van der Waals surface area contributed by atoms with Crippen LogP contribution >= 0.6 is 0 Å². The third-order valence-corrected chi connectivity index (χ3v) is 4.43. The fourth-order valence-corrected chi connectivity index (χ4v) is 3.33. The SMILES string of the molecule is [C-]#[N+]/C(C#N)=C1\c2ccccc2-c2c(C(=O)Oc3ccccc3)cccc21. The number of carbonyl (C=O) groups excluding carboxylic acids is 1. The number of esters is 1. The van der Waals surface area contributed by atoms with Gasteiger partial charge in [-0.05, 0) is 34.9 Å². The predicted molar refractivity (Wildman–Crippen MR) is 102 cm³/mol. The minimum absolute atomic E-state index is 0.00905. The number of allylic oxidation sites excluding steroid dienone is 1. The Labute approximate surface area is 156 Å². The molecule has 4 nitrogen and oxygen atoms in total. The molecular weight excluding hydrogens is 336 g/mol. The maximum Gasteiger partial charge on any atom is 0.344 e. The number of ether oxygens (including phenoxy) is 1. The van der Waals surface area contributed by atoms with Crippen molar-refractivity contribution in [1.29, 1.82) is 5.26 Å². The molecule has 1 aliphatic rings. The quantitative estimate of drug-likeness (QED) is 0.219. The van der Waals surface area contributed by atoms with Crippen molar-refractivity contribution in [2.75, 3.05) is 0 Å². The van der Waals surface area contributed by atoms with Gasteiger partial charge in [0.2, 0.25) is 0 Å². The zero-order valence-corrected chi connectivity index (χ0v) is 14.1. The van der Waals surface area contributed by atoms with Crippen molar-refractivity contribution < 1.29 is 9.53 Å². The summed E-state index contributed by atoms with van der Waals surface area (Å²) in [7, 11) is 0. The third kappa shape index (κ3) is 2.66. The van der Waals surface area contributed by atoms with E-state index in [-0.39, 0.29) is 5.70 Å². The van der Waals surface area contributed by atoms with Crippen LogP contribution < -0.4 is 4.74 Å². The lowest BCUT2D eigenvalue weighted by atomic mass is 9.99. The van der Waals surface area contributed by atoms with E-state index >= 15 is 0 Å². The molecule has 4 heteroatoms. The first-order chi connectivity index (χ1) is 13.2. The number of para-hydroxylation sites is 1. The molecule has 0 fully saturated rings. The normalized spacial score (nSPS) is 13.0. The van der Waals surface area contributed by atoms with Crippen LogP contribution in [0.3, 0.4) is 0 Å². The van der Waals surface area contributed by atoms with Crippen LogP contribution in [0.4, 0.5) is 0 Å². The molecule has 0 unspecified atom stereocenters. The van der Waals surface area contributed by atoms with E-state index in [1.165, 1.54) is 0 Å². The third-order valence-electron chi connectivity index (χ3n) is 4.43. The van der Waals surface area contributed by atoms with Gasteiger partial charge in [-0.25, -0.2) is 14.9 Å². The van der Waals surface area contributed by atoms with Crippen molar-refractivity contribution in [3.63, 3.8) is 0 Å². The summed E-state index contributed by atoms with van der Waals surface area (Å²) in [6, 6.07) is 23.6. The molecule has 3 aromatic carbocycles. The van der Waals surface area contributed by atoms with E-state index in [1.807, 2.05) is 42.5 Å². The molecule has 126 valence electrons. The van der Waals surface area contributed by atoms with Crippen LogP contribution in [0, 0.1) is 17.9 Å². The minimum atomic E-state index is -0.476. The first kappa shape index (κ1) is 16.3. The van der Waals surface area contributed by atoms with E-state index in [1.54, 1.807) is 36.4 Å². The van der Waals surface area contributed by atoms with Gasteiger partial charge in [-0.1, -0.05) is 54.6 Å². The molecule has 27 heavy (non-hydrogen) atoms. The second-order valence-corrected chi connectivity index (χ2v) is 5.92. The van der Waals surface area contributed by atoms with Crippen molar-refractivity contribution in [2.24, 2.45) is 0 Å². The molecule has 0 spiro atoms. The van der Waals surface area contributed by atoms with E-state index in [9.17, 15) is 10.1 Å². The first-order valence-electron chi connectivity index (χ1n) is 8.27. The molecule has 1 aliphatic carbocycles. The number of fused-ring (bicyclic) bond motifs is 3. The fourth-order valence-electron chi connectivity index (χ4n) is 3.33. The molecule has 0 aromatic heterocycles. The summed E-state index contributed by atoms with van der Waals surface area (Å²) in [6.45, 7) is 7.35. The lowest BCUT2D eigenvalue weighted by Crippen LogP contribution is -2.10. The van der Waals surface area contributed by atoms with Crippen LogP contribution in [-0.4, -0.2) is 5.97 Å². The largest absolute Gasteiger partial charge is 0.423 e. The van der Waals surface area contributed by atoms with Crippen LogP contribution in [-0.2, 0) is 0 Å². The van der Waals surface area contributed by atoms with Crippen LogP contribution in [0.5, 0.6) is 5.75 Å². The Morgan fingerprint density at radius 1 is 0.889 bits per heavy atom. The summed E-state index contributed by atoms with van der Waals surface area (Å²) < 4.78 is 5.51. The molecule has 0 saturated heterocycles. The Morgan fingerprint density at radius 3 is 2.26 bits per heavy atom. The highest BCUT2D eigenvalue weighted by Crippen LogP contribution is 2.47. The standard InChI is InChI=1S/C23H12N2O2/c1-25-20(14-24)22-17-11-6-5-10-16(17)21-18(22)12-7-13-19(21)23(26)27-15-8-3-2-4-9-15/h2-13H/b22-20+. The minimum Gasteiger partial charge on any atom is -0.423 e. The van der Waals surface area contributed by atoms with Crippen molar-refractivity contribution in [2.45, 2.75) is 0 Å². The Hall–Kier alpha value is -4.15. The molecular formula is C23H12N2O2. The molecule has 0 saturated carbocycles. The van der Waals surface area contributed by atoms with Crippen LogP contribution in [0.25, 0.3) is 21.5 Å². The molecule has 0 amide bonds. The van der Waals surface area contributed by atoms with E-state index in [4.69, 9.17) is 11.3 Å². The summed E-state index contributed by atoms with van der Waals surface area (Å²) >= 11 is 0. The molecule has 0 atom stereocenters. The van der Waals surface area contributed by atoms with Crippen molar-refractivity contribution in [3.05, 3.63) is 107 Å². The van der Waals surface area contributed by atoms with Crippen molar-refractivity contribution >= 4 is 11.5 Å². The summed E-state index contributed by atoms with van der Waals surface area (Å²) in [5, 5.41) is 9.40. The van der Waals surface area contributed by atoms with E-state index in [0.717, 1.165) is 11.1 Å². The average Bonchev–Trinajstić information content (AvgIpc) is 3.05. The Bertz CT molecular complexity index is 1160. The Balaban J connectivity index is 1.92. The second-order valence-electron chi connectivity index (χ2n) is 5.92. The molecule has 0 N–H and O–H groups in total. The van der Waals surface area contributed by atoms with E-state index in [2.05, 4.69) is 4.85 Å². The average molecular weight is 348 g/mol. The highest BCUT2D eigenvalue weighted by molar-refractivity contribution is 6.10. The van der Waals surface area contributed by atoms with Gasteiger partial charge in [-0.2, -0.15) is 0 Å². The highest BCUT2D eigenvalue weighted by atomic mass is 16.5. The van der Waals surface area contributed by atoms with Gasteiger partial charge in [0, 0.05) is 11.1 Å². The highest BCUT2D eigenvalue weighted by Gasteiger charge is 2.30. The van der Waals surface area contributed by atoms with Crippen LogP contribution in [0.1, 0.15) is 21.5 Å². The predicted octanol–water partition coefficient (Wildman–Crippen LogP) is 5.09. The van der Waals surface area contributed by atoms with Gasteiger partial charge < -0.3 is 4.74 Å². The van der Waals surface area contributed by atoms with Crippen molar-refractivity contribution in [1.82, 2.24) is 0 Å². The Morgan fingerprint density at radius 2 is 1.56 bits per heavy atom. The summed E-state index contributed by atoms with van der Waals surface area (Å²) in [4.78, 5) is 16.2. The van der Waals surface area contributed by atoms with Crippen LogP contribution in [0.2, 0.25) is 0 Å². The number of rotatable bonds is 2. The van der Waals surface area contributed by atoms with Gasteiger partial charge in [0.25, 0.3) is 5.70 Å². The lowest BCUT2D eigenvalue weighted by Gasteiger charge is -2.09. The van der Waals surface area contributed by atoms with Gasteiger partial charge in [-0.3, -0.25) is 0 Å². The summed E-state index contributed by atoms with van der Waals surface area (Å²) in [6.07, 6.45) is 0. The molecule has 0 aliphatic heterocycles. The lowest BCUT2D eigenvalue weighted by molar-refractivity contribution is 0.0735. The van der Waals surface area contributed by atoms with Gasteiger partial charge >= 0.3 is 5.97 Å². The van der Waals surface area contributed by atoms with Gasteiger partial charge in [0.15, 0.2) is 0 Å².